The third-order valence-electron chi connectivity index (χ3n) is 3.19. The summed E-state index contributed by atoms with van der Waals surface area (Å²) >= 11 is 1.56. The first kappa shape index (κ1) is 16.8. The molecule has 0 saturated heterocycles. The summed E-state index contributed by atoms with van der Waals surface area (Å²) in [5.41, 5.74) is 6.41. The molecule has 2 aromatic carbocycles. The van der Waals surface area contributed by atoms with Crippen LogP contribution in [0.15, 0.2) is 53.6 Å². The number of benzene rings is 2. The first-order chi connectivity index (χ1) is 11.2. The lowest BCUT2D eigenvalue weighted by atomic mass is 10.1. The molecule has 1 amide bonds. The summed E-state index contributed by atoms with van der Waals surface area (Å²) in [7, 11) is 0. The van der Waals surface area contributed by atoms with Crippen LogP contribution in [-0.4, -0.2) is 17.9 Å². The number of nitriles is 1. The second kappa shape index (κ2) is 8.76. The molecule has 0 saturated carbocycles. The fourth-order valence-corrected chi connectivity index (χ4v) is 2.78. The van der Waals surface area contributed by atoms with Crippen molar-refractivity contribution in [2.24, 2.45) is 5.10 Å². The van der Waals surface area contributed by atoms with Crippen LogP contribution >= 0.6 is 11.8 Å². The van der Waals surface area contributed by atoms with Crippen molar-refractivity contribution in [2.45, 2.75) is 12.7 Å². The third-order valence-corrected chi connectivity index (χ3v) is 4.18. The van der Waals surface area contributed by atoms with E-state index in [1.807, 2.05) is 12.1 Å². The maximum atomic E-state index is 11.7. The van der Waals surface area contributed by atoms with E-state index in [4.69, 9.17) is 5.26 Å². The fourth-order valence-electron chi connectivity index (χ4n) is 1.88. The van der Waals surface area contributed by atoms with Gasteiger partial charge in [0.05, 0.1) is 23.6 Å². The Morgan fingerprint density at radius 2 is 2.00 bits per heavy atom. The van der Waals surface area contributed by atoms with Crippen LogP contribution in [0.25, 0.3) is 0 Å². The Balaban J connectivity index is 1.73. The minimum absolute atomic E-state index is 0.131. The molecule has 0 aliphatic heterocycles. The number of carbonyl (C=O) groups excluding carboxylic acids is 1. The molecule has 0 aliphatic carbocycles. The van der Waals surface area contributed by atoms with Crippen LogP contribution in [0.4, 0.5) is 0 Å². The Bertz CT molecular complexity index is 733. The van der Waals surface area contributed by atoms with E-state index in [-0.39, 0.29) is 5.91 Å². The van der Waals surface area contributed by atoms with Crippen LogP contribution in [0, 0.1) is 18.3 Å². The SMILES string of the molecule is Cc1ccccc1CSCC(=O)NN=Cc1ccc(C#N)cc1. The van der Waals surface area contributed by atoms with E-state index in [9.17, 15) is 4.79 Å². The van der Waals surface area contributed by atoms with E-state index in [2.05, 4.69) is 35.7 Å². The van der Waals surface area contributed by atoms with E-state index in [0.29, 0.717) is 11.3 Å². The molecule has 23 heavy (non-hydrogen) atoms. The van der Waals surface area contributed by atoms with Crippen LogP contribution in [0.1, 0.15) is 22.3 Å². The Hall–Kier alpha value is -2.58. The highest BCUT2D eigenvalue weighted by Crippen LogP contribution is 2.15. The topological polar surface area (TPSA) is 65.2 Å². The predicted octanol–water partition coefficient (Wildman–Crippen LogP) is 3.25. The maximum absolute atomic E-state index is 11.7. The highest BCUT2D eigenvalue weighted by atomic mass is 32.2. The first-order valence-electron chi connectivity index (χ1n) is 7.13. The number of nitrogens with one attached hydrogen (secondary N) is 1. The van der Waals surface area contributed by atoms with Crippen molar-refractivity contribution in [1.29, 1.82) is 5.26 Å². The molecule has 0 aromatic heterocycles. The molecule has 0 bridgehead atoms. The van der Waals surface area contributed by atoms with Crippen LogP contribution in [-0.2, 0) is 10.5 Å². The Labute approximate surface area is 140 Å². The number of amides is 1. The number of nitrogens with zero attached hydrogens (tertiary/aromatic N) is 2. The fraction of sp³-hybridized carbons (Fsp3) is 0.167. The molecule has 1 N–H and O–H groups in total. The number of hydrazone groups is 1. The molecule has 0 unspecified atom stereocenters. The summed E-state index contributed by atoms with van der Waals surface area (Å²) in [6.45, 7) is 2.07. The van der Waals surface area contributed by atoms with Gasteiger partial charge in [0.2, 0.25) is 5.91 Å². The highest BCUT2D eigenvalue weighted by Gasteiger charge is 2.02. The summed E-state index contributed by atoms with van der Waals surface area (Å²) in [5.74, 6) is 1.03. The lowest BCUT2D eigenvalue weighted by molar-refractivity contribution is -0.118. The molecule has 0 heterocycles. The summed E-state index contributed by atoms with van der Waals surface area (Å²) in [4.78, 5) is 11.7. The molecular formula is C18H17N3OS. The van der Waals surface area contributed by atoms with Crippen molar-refractivity contribution in [3.63, 3.8) is 0 Å². The van der Waals surface area contributed by atoms with E-state index < -0.39 is 0 Å². The number of carbonyl (C=O) groups is 1. The molecule has 0 atom stereocenters. The Kier molecular flexibility index (Phi) is 6.40. The third kappa shape index (κ3) is 5.61. The number of thioether (sulfide) groups is 1. The van der Waals surface area contributed by atoms with Crippen LogP contribution in [0.5, 0.6) is 0 Å². The van der Waals surface area contributed by atoms with Gasteiger partial charge >= 0.3 is 0 Å². The molecule has 0 aliphatic rings. The highest BCUT2D eigenvalue weighted by molar-refractivity contribution is 7.99. The van der Waals surface area contributed by atoms with Gasteiger partial charge in [-0.15, -0.1) is 11.8 Å². The lowest BCUT2D eigenvalue weighted by Crippen LogP contribution is -2.19. The number of rotatable bonds is 6. The standard InChI is InChI=1S/C18H17N3OS/c1-14-4-2-3-5-17(14)12-23-13-18(22)21-20-11-16-8-6-15(10-19)7-9-16/h2-9,11H,12-13H2,1H3,(H,21,22). The van der Waals surface area contributed by atoms with Crippen molar-refractivity contribution < 1.29 is 4.79 Å². The molecule has 0 fully saturated rings. The van der Waals surface area contributed by atoms with Gasteiger partial charge in [0.25, 0.3) is 0 Å². The van der Waals surface area contributed by atoms with E-state index in [0.717, 1.165) is 11.3 Å². The second-order valence-corrected chi connectivity index (χ2v) is 5.93. The van der Waals surface area contributed by atoms with Gasteiger partial charge in [-0.25, -0.2) is 5.43 Å². The monoisotopic (exact) mass is 323 g/mol. The predicted molar refractivity (Wildman–Crippen MR) is 94.2 cm³/mol. The van der Waals surface area contributed by atoms with E-state index in [1.165, 1.54) is 11.1 Å². The smallest absolute Gasteiger partial charge is 0.250 e. The zero-order valence-electron chi connectivity index (χ0n) is 12.8. The molecule has 2 rings (SSSR count). The Morgan fingerprint density at radius 1 is 1.26 bits per heavy atom. The summed E-state index contributed by atoms with van der Waals surface area (Å²) in [5, 5.41) is 12.6. The van der Waals surface area contributed by atoms with Gasteiger partial charge in [-0.3, -0.25) is 4.79 Å². The largest absolute Gasteiger partial charge is 0.272 e. The van der Waals surface area contributed by atoms with Gasteiger partial charge in [-0.2, -0.15) is 10.4 Å². The molecule has 4 nitrogen and oxygen atoms in total. The van der Waals surface area contributed by atoms with Gasteiger partial charge in [-0.05, 0) is 35.7 Å². The van der Waals surface area contributed by atoms with Gasteiger partial charge < -0.3 is 0 Å². The number of aryl methyl sites for hydroxylation is 1. The van der Waals surface area contributed by atoms with Crippen molar-refractivity contribution in [3.8, 4) is 6.07 Å². The average Bonchev–Trinajstić information content (AvgIpc) is 2.57. The lowest BCUT2D eigenvalue weighted by Gasteiger charge is -2.04. The second-order valence-electron chi connectivity index (χ2n) is 4.95. The van der Waals surface area contributed by atoms with Gasteiger partial charge in [0, 0.05) is 5.75 Å². The maximum Gasteiger partial charge on any atom is 0.250 e. The van der Waals surface area contributed by atoms with Crippen LogP contribution < -0.4 is 5.43 Å². The van der Waals surface area contributed by atoms with Gasteiger partial charge in [-0.1, -0.05) is 36.4 Å². The number of hydrogen-bond donors (Lipinski definition) is 1. The normalized spacial score (nSPS) is 10.4. The number of hydrogen-bond acceptors (Lipinski definition) is 4. The zero-order valence-corrected chi connectivity index (χ0v) is 13.6. The summed E-state index contributed by atoms with van der Waals surface area (Å²) < 4.78 is 0. The minimum Gasteiger partial charge on any atom is -0.272 e. The molecule has 5 heteroatoms. The molecular weight excluding hydrogens is 306 g/mol. The summed E-state index contributed by atoms with van der Waals surface area (Å²) in [6, 6.07) is 17.2. The van der Waals surface area contributed by atoms with Gasteiger partial charge in [0.1, 0.15) is 0 Å². The van der Waals surface area contributed by atoms with Crippen LogP contribution in [0.2, 0.25) is 0 Å². The van der Waals surface area contributed by atoms with Crippen molar-refractivity contribution in [3.05, 3.63) is 70.8 Å². The van der Waals surface area contributed by atoms with E-state index >= 15 is 0 Å². The van der Waals surface area contributed by atoms with Crippen molar-refractivity contribution in [1.82, 2.24) is 5.43 Å². The molecule has 2 aromatic rings. The Morgan fingerprint density at radius 3 is 2.70 bits per heavy atom. The van der Waals surface area contributed by atoms with Gasteiger partial charge in [0.15, 0.2) is 0 Å². The average molecular weight is 323 g/mol. The van der Waals surface area contributed by atoms with Crippen molar-refractivity contribution >= 4 is 23.9 Å². The molecule has 0 radical (unpaired) electrons. The van der Waals surface area contributed by atoms with Crippen LogP contribution in [0.3, 0.4) is 0 Å². The quantitative estimate of drug-likeness (QED) is 0.655. The minimum atomic E-state index is -0.131. The summed E-state index contributed by atoms with van der Waals surface area (Å²) in [6.07, 6.45) is 1.56. The molecule has 0 spiro atoms. The zero-order chi connectivity index (χ0) is 16.5. The van der Waals surface area contributed by atoms with E-state index in [1.54, 1.807) is 42.2 Å². The first-order valence-corrected chi connectivity index (χ1v) is 8.29. The molecule has 116 valence electrons. The van der Waals surface area contributed by atoms with Crippen molar-refractivity contribution in [2.75, 3.05) is 5.75 Å².